The molecule has 14 heavy (non-hydrogen) atoms. The van der Waals surface area contributed by atoms with Crippen LogP contribution in [0.4, 0.5) is 13.2 Å². The highest BCUT2D eigenvalue weighted by Crippen LogP contribution is 2.35. The molecule has 1 aromatic rings. The molecule has 1 rings (SSSR count). The predicted molar refractivity (Wildman–Crippen MR) is 46.5 cm³/mol. The molecule has 0 aliphatic carbocycles. The van der Waals surface area contributed by atoms with Gasteiger partial charge in [0.25, 0.3) is 0 Å². The van der Waals surface area contributed by atoms with Gasteiger partial charge in [0.05, 0.1) is 10.6 Å². The molecular formula is C9H6ClF3O. The first kappa shape index (κ1) is 11.0. The maximum Gasteiger partial charge on any atom is 0.417 e. The lowest BCUT2D eigenvalue weighted by molar-refractivity contribution is -0.137. The molecule has 1 nitrogen and oxygen atoms in total. The Balaban J connectivity index is 3.29. The highest BCUT2D eigenvalue weighted by Gasteiger charge is 2.33. The second kappa shape index (κ2) is 3.61. The molecule has 0 N–H and O–H groups in total. The van der Waals surface area contributed by atoms with E-state index in [1.807, 2.05) is 0 Å². The minimum absolute atomic E-state index is 0.00160. The van der Waals surface area contributed by atoms with Crippen LogP contribution in [0.1, 0.15) is 22.8 Å². The van der Waals surface area contributed by atoms with Crippen molar-refractivity contribution in [1.82, 2.24) is 0 Å². The molecule has 0 fully saturated rings. The minimum Gasteiger partial charge on any atom is -0.295 e. The Morgan fingerprint density at radius 1 is 1.36 bits per heavy atom. The number of rotatable bonds is 1. The standard InChI is InChI=1S/C9H6ClF3O/c1-5(14)6-2-3-8(10)7(4-6)9(11,12)13/h2-4H,1H3. The summed E-state index contributed by atoms with van der Waals surface area (Å²) < 4.78 is 36.9. The molecule has 0 saturated carbocycles. The first-order valence-electron chi connectivity index (χ1n) is 3.70. The van der Waals surface area contributed by atoms with Crippen LogP contribution in [0.25, 0.3) is 0 Å². The van der Waals surface area contributed by atoms with Crippen molar-refractivity contribution in [2.75, 3.05) is 0 Å². The van der Waals surface area contributed by atoms with Crippen LogP contribution >= 0.6 is 11.6 Å². The number of alkyl halides is 3. The molecule has 0 heterocycles. The van der Waals surface area contributed by atoms with Gasteiger partial charge >= 0.3 is 6.18 Å². The Bertz CT molecular complexity index is 371. The summed E-state index contributed by atoms with van der Waals surface area (Å²) in [5, 5.41) is -0.400. The van der Waals surface area contributed by atoms with Gasteiger partial charge in [-0.2, -0.15) is 13.2 Å². The van der Waals surface area contributed by atoms with Crippen molar-refractivity contribution in [2.24, 2.45) is 0 Å². The van der Waals surface area contributed by atoms with Crippen LogP contribution in [0, 0.1) is 0 Å². The monoisotopic (exact) mass is 222 g/mol. The molecule has 0 atom stereocenters. The smallest absolute Gasteiger partial charge is 0.295 e. The second-order valence-corrected chi connectivity index (χ2v) is 3.16. The van der Waals surface area contributed by atoms with Crippen LogP contribution in [0.15, 0.2) is 18.2 Å². The van der Waals surface area contributed by atoms with Gasteiger partial charge in [-0.15, -0.1) is 0 Å². The quantitative estimate of drug-likeness (QED) is 0.664. The summed E-state index contributed by atoms with van der Waals surface area (Å²) in [7, 11) is 0. The van der Waals surface area contributed by atoms with E-state index in [9.17, 15) is 18.0 Å². The van der Waals surface area contributed by atoms with E-state index >= 15 is 0 Å². The Kier molecular flexibility index (Phi) is 2.85. The zero-order chi connectivity index (χ0) is 10.9. The summed E-state index contributed by atoms with van der Waals surface area (Å²) in [5.41, 5.74) is -0.978. The third kappa shape index (κ3) is 2.26. The van der Waals surface area contributed by atoms with Gasteiger partial charge in [0.1, 0.15) is 0 Å². The van der Waals surface area contributed by atoms with E-state index < -0.39 is 22.5 Å². The lowest BCUT2D eigenvalue weighted by atomic mass is 10.1. The van der Waals surface area contributed by atoms with Gasteiger partial charge < -0.3 is 0 Å². The zero-order valence-corrected chi connectivity index (χ0v) is 7.91. The largest absolute Gasteiger partial charge is 0.417 e. The van der Waals surface area contributed by atoms with Crippen molar-refractivity contribution in [3.63, 3.8) is 0 Å². The van der Waals surface area contributed by atoms with Crippen molar-refractivity contribution < 1.29 is 18.0 Å². The summed E-state index contributed by atoms with van der Waals surface area (Å²) in [6.45, 7) is 1.20. The average molecular weight is 223 g/mol. The number of hydrogen-bond acceptors (Lipinski definition) is 1. The number of carbonyl (C=O) groups excluding carboxylic acids is 1. The van der Waals surface area contributed by atoms with E-state index in [0.29, 0.717) is 0 Å². The van der Waals surface area contributed by atoms with Crippen LogP contribution in [0.2, 0.25) is 5.02 Å². The Morgan fingerprint density at radius 2 is 1.93 bits per heavy atom. The summed E-state index contributed by atoms with van der Waals surface area (Å²) in [5.74, 6) is -0.424. The van der Waals surface area contributed by atoms with E-state index in [2.05, 4.69) is 0 Å². The number of Topliss-reactive ketones (excluding diaryl/α,β-unsaturated/α-hetero) is 1. The van der Waals surface area contributed by atoms with Gasteiger partial charge in [0.2, 0.25) is 0 Å². The molecule has 0 saturated heterocycles. The van der Waals surface area contributed by atoms with Crippen LogP contribution in [-0.2, 0) is 6.18 Å². The molecule has 76 valence electrons. The molecule has 0 aliphatic rings. The Labute approximate surface area is 83.5 Å². The number of carbonyl (C=O) groups is 1. The summed E-state index contributed by atoms with van der Waals surface area (Å²) in [4.78, 5) is 10.8. The first-order valence-corrected chi connectivity index (χ1v) is 4.08. The molecular weight excluding hydrogens is 217 g/mol. The van der Waals surface area contributed by atoms with E-state index in [-0.39, 0.29) is 5.56 Å². The summed E-state index contributed by atoms with van der Waals surface area (Å²) in [6.07, 6.45) is -4.53. The number of halogens is 4. The Morgan fingerprint density at radius 3 is 2.36 bits per heavy atom. The van der Waals surface area contributed by atoms with Crippen LogP contribution < -0.4 is 0 Å². The first-order chi connectivity index (χ1) is 6.32. The topological polar surface area (TPSA) is 17.1 Å². The van der Waals surface area contributed by atoms with Gasteiger partial charge in [-0.05, 0) is 25.1 Å². The van der Waals surface area contributed by atoms with Gasteiger partial charge in [0, 0.05) is 5.56 Å². The van der Waals surface area contributed by atoms with Gasteiger partial charge in [-0.1, -0.05) is 11.6 Å². The average Bonchev–Trinajstić information content (AvgIpc) is 2.02. The van der Waals surface area contributed by atoms with E-state index in [1.165, 1.54) is 13.0 Å². The van der Waals surface area contributed by atoms with Crippen molar-refractivity contribution in [3.8, 4) is 0 Å². The van der Waals surface area contributed by atoms with Crippen molar-refractivity contribution in [1.29, 1.82) is 0 Å². The van der Waals surface area contributed by atoms with Gasteiger partial charge in [0.15, 0.2) is 5.78 Å². The number of ketones is 1. The van der Waals surface area contributed by atoms with Crippen LogP contribution in [-0.4, -0.2) is 5.78 Å². The fraction of sp³-hybridized carbons (Fsp3) is 0.222. The molecule has 0 radical (unpaired) electrons. The molecule has 1 aromatic carbocycles. The molecule has 0 amide bonds. The van der Waals surface area contributed by atoms with E-state index in [1.54, 1.807) is 0 Å². The SMILES string of the molecule is CC(=O)c1ccc(Cl)c(C(F)(F)F)c1. The predicted octanol–water partition coefficient (Wildman–Crippen LogP) is 3.56. The Hall–Kier alpha value is -1.03. The highest BCUT2D eigenvalue weighted by atomic mass is 35.5. The third-order valence-corrected chi connectivity index (χ3v) is 2.01. The van der Waals surface area contributed by atoms with Crippen LogP contribution in [0.5, 0.6) is 0 Å². The molecule has 5 heteroatoms. The zero-order valence-electron chi connectivity index (χ0n) is 7.15. The van der Waals surface area contributed by atoms with Crippen molar-refractivity contribution in [3.05, 3.63) is 34.3 Å². The molecule has 0 unspecified atom stereocenters. The fourth-order valence-electron chi connectivity index (χ4n) is 0.962. The maximum atomic E-state index is 12.3. The minimum atomic E-state index is -4.53. The van der Waals surface area contributed by atoms with Crippen LogP contribution in [0.3, 0.4) is 0 Å². The summed E-state index contributed by atoms with van der Waals surface area (Å²) in [6, 6.07) is 3.09. The highest BCUT2D eigenvalue weighted by molar-refractivity contribution is 6.31. The molecule has 0 spiro atoms. The molecule has 0 aromatic heterocycles. The van der Waals surface area contributed by atoms with E-state index in [4.69, 9.17) is 11.6 Å². The summed E-state index contributed by atoms with van der Waals surface area (Å²) >= 11 is 5.35. The van der Waals surface area contributed by atoms with E-state index in [0.717, 1.165) is 12.1 Å². The normalized spacial score (nSPS) is 11.5. The molecule has 0 bridgehead atoms. The lowest BCUT2D eigenvalue weighted by Crippen LogP contribution is -2.07. The van der Waals surface area contributed by atoms with Gasteiger partial charge in [-0.25, -0.2) is 0 Å². The number of benzene rings is 1. The van der Waals surface area contributed by atoms with Gasteiger partial charge in [-0.3, -0.25) is 4.79 Å². The van der Waals surface area contributed by atoms with Crippen molar-refractivity contribution in [2.45, 2.75) is 13.1 Å². The number of hydrogen-bond donors (Lipinski definition) is 0. The third-order valence-electron chi connectivity index (χ3n) is 1.68. The lowest BCUT2D eigenvalue weighted by Gasteiger charge is -2.09. The maximum absolute atomic E-state index is 12.3. The molecule has 0 aliphatic heterocycles. The second-order valence-electron chi connectivity index (χ2n) is 2.75. The fourth-order valence-corrected chi connectivity index (χ4v) is 1.19. The van der Waals surface area contributed by atoms with Crippen molar-refractivity contribution >= 4 is 17.4 Å².